The number of imidazole rings is 1. The number of aromatic nitrogens is 2. The Hall–Kier alpha value is -4.66. The lowest BCUT2D eigenvalue weighted by Crippen LogP contribution is -2.45. The first kappa shape index (κ1) is 26.4. The standard InChI is InChI=1S/C29H31N5O4/c1-4-18(2)25(29(37)38)33-28(36)22-14-15-34-24(16-22)32-26(21-10-12-23(13-11-21)31-19(3)35)27(34)30-17-20-8-6-5-7-9-20/h5-16,18,25,30H,4,17H2,1-3H3,(H,31,35)(H,33,36)(H,37,38). The van der Waals surface area contributed by atoms with E-state index in [-0.39, 0.29) is 11.8 Å². The molecule has 2 aromatic carbocycles. The normalized spacial score (nSPS) is 12.5. The quantitative estimate of drug-likeness (QED) is 0.241. The van der Waals surface area contributed by atoms with Gasteiger partial charge < -0.3 is 21.1 Å². The van der Waals surface area contributed by atoms with Crippen LogP contribution in [0.25, 0.3) is 16.9 Å². The Balaban J connectivity index is 1.70. The van der Waals surface area contributed by atoms with Crippen molar-refractivity contribution in [3.05, 3.63) is 84.1 Å². The molecule has 196 valence electrons. The predicted molar refractivity (Wildman–Crippen MR) is 147 cm³/mol. The number of aliphatic carboxylic acids is 1. The molecule has 0 radical (unpaired) electrons. The molecule has 2 aromatic heterocycles. The van der Waals surface area contributed by atoms with Crippen molar-refractivity contribution in [3.63, 3.8) is 0 Å². The summed E-state index contributed by atoms with van der Waals surface area (Å²) in [5.74, 6) is -1.16. The van der Waals surface area contributed by atoms with Crippen LogP contribution in [0.4, 0.5) is 11.5 Å². The fraction of sp³-hybridized carbons (Fsp3) is 0.241. The number of rotatable bonds is 10. The maximum Gasteiger partial charge on any atom is 0.326 e. The number of carboxylic acid groups (broad SMARTS) is 1. The zero-order chi connectivity index (χ0) is 27.2. The number of pyridine rings is 1. The van der Waals surface area contributed by atoms with E-state index in [1.54, 1.807) is 25.3 Å². The van der Waals surface area contributed by atoms with Gasteiger partial charge in [-0.1, -0.05) is 62.7 Å². The Morgan fingerprint density at radius 3 is 2.37 bits per heavy atom. The monoisotopic (exact) mass is 513 g/mol. The number of amides is 2. The third-order valence-electron chi connectivity index (χ3n) is 6.44. The molecule has 0 bridgehead atoms. The second-order valence-electron chi connectivity index (χ2n) is 9.23. The van der Waals surface area contributed by atoms with Crippen LogP contribution in [0.3, 0.4) is 0 Å². The van der Waals surface area contributed by atoms with Crippen LogP contribution in [0.5, 0.6) is 0 Å². The van der Waals surface area contributed by atoms with E-state index in [9.17, 15) is 19.5 Å². The number of carboxylic acids is 1. The minimum absolute atomic E-state index is 0.153. The van der Waals surface area contributed by atoms with Crippen LogP contribution in [-0.2, 0) is 16.1 Å². The molecule has 2 amide bonds. The van der Waals surface area contributed by atoms with Gasteiger partial charge in [0.2, 0.25) is 5.91 Å². The summed E-state index contributed by atoms with van der Waals surface area (Å²) in [5, 5.41) is 18.4. The molecule has 0 aliphatic rings. The molecule has 2 unspecified atom stereocenters. The molecule has 0 saturated carbocycles. The summed E-state index contributed by atoms with van der Waals surface area (Å²) in [6.45, 7) is 5.70. The van der Waals surface area contributed by atoms with Crippen molar-refractivity contribution in [2.75, 3.05) is 10.6 Å². The van der Waals surface area contributed by atoms with E-state index in [4.69, 9.17) is 4.98 Å². The molecule has 0 fully saturated rings. The van der Waals surface area contributed by atoms with Crippen molar-refractivity contribution < 1.29 is 19.5 Å². The van der Waals surface area contributed by atoms with E-state index in [1.807, 2.05) is 65.9 Å². The van der Waals surface area contributed by atoms with Crippen molar-refractivity contribution in [2.45, 2.75) is 39.8 Å². The fourth-order valence-corrected chi connectivity index (χ4v) is 4.16. The molecular weight excluding hydrogens is 482 g/mol. The van der Waals surface area contributed by atoms with Gasteiger partial charge in [-0.25, -0.2) is 9.78 Å². The summed E-state index contributed by atoms with van der Waals surface area (Å²) in [7, 11) is 0. The Morgan fingerprint density at radius 1 is 1.03 bits per heavy atom. The second kappa shape index (κ2) is 11.6. The molecule has 0 aliphatic carbocycles. The molecule has 9 nitrogen and oxygen atoms in total. The molecule has 0 aliphatic heterocycles. The topological polar surface area (TPSA) is 125 Å². The molecule has 4 aromatic rings. The highest BCUT2D eigenvalue weighted by atomic mass is 16.4. The van der Waals surface area contributed by atoms with Crippen LogP contribution in [0.15, 0.2) is 72.9 Å². The smallest absolute Gasteiger partial charge is 0.326 e. The van der Waals surface area contributed by atoms with E-state index in [2.05, 4.69) is 16.0 Å². The molecule has 4 rings (SSSR count). The summed E-state index contributed by atoms with van der Waals surface area (Å²) in [5.41, 5.74) is 4.12. The van der Waals surface area contributed by atoms with Gasteiger partial charge in [0.15, 0.2) is 0 Å². The Labute approximate surface area is 220 Å². The van der Waals surface area contributed by atoms with E-state index in [0.717, 1.165) is 16.9 Å². The zero-order valence-electron chi connectivity index (χ0n) is 21.6. The van der Waals surface area contributed by atoms with Gasteiger partial charge in [0.1, 0.15) is 23.2 Å². The van der Waals surface area contributed by atoms with E-state index in [0.29, 0.717) is 35.6 Å². The summed E-state index contributed by atoms with van der Waals surface area (Å²) in [6.07, 6.45) is 2.37. The highest BCUT2D eigenvalue weighted by Crippen LogP contribution is 2.30. The van der Waals surface area contributed by atoms with Crippen molar-refractivity contribution in [3.8, 4) is 11.3 Å². The summed E-state index contributed by atoms with van der Waals surface area (Å²) in [4.78, 5) is 40.9. The van der Waals surface area contributed by atoms with Crippen molar-refractivity contribution in [1.29, 1.82) is 0 Å². The molecule has 0 spiro atoms. The number of nitrogens with one attached hydrogen (secondary N) is 3. The number of carbonyl (C=O) groups excluding carboxylic acids is 2. The van der Waals surface area contributed by atoms with Crippen LogP contribution >= 0.6 is 0 Å². The highest BCUT2D eigenvalue weighted by molar-refractivity contribution is 5.97. The number of benzene rings is 2. The Bertz CT molecular complexity index is 1450. The average molecular weight is 514 g/mol. The van der Waals surface area contributed by atoms with Crippen molar-refractivity contribution in [1.82, 2.24) is 14.7 Å². The lowest BCUT2D eigenvalue weighted by molar-refractivity contribution is -0.140. The third-order valence-corrected chi connectivity index (χ3v) is 6.44. The predicted octanol–water partition coefficient (Wildman–Crippen LogP) is 4.80. The van der Waals surface area contributed by atoms with Gasteiger partial charge in [-0.2, -0.15) is 0 Å². The number of carbonyl (C=O) groups is 3. The average Bonchev–Trinajstić information content (AvgIpc) is 3.28. The minimum Gasteiger partial charge on any atom is -0.480 e. The van der Waals surface area contributed by atoms with E-state index < -0.39 is 17.9 Å². The van der Waals surface area contributed by atoms with Crippen LogP contribution in [0, 0.1) is 5.92 Å². The second-order valence-corrected chi connectivity index (χ2v) is 9.23. The highest BCUT2D eigenvalue weighted by Gasteiger charge is 2.26. The SMILES string of the molecule is CCC(C)C(NC(=O)c1ccn2c(NCc3ccccc3)c(-c3ccc(NC(C)=O)cc3)nc2c1)C(=O)O. The molecule has 2 atom stereocenters. The maximum atomic E-state index is 13.0. The van der Waals surface area contributed by atoms with Gasteiger partial charge in [-0.15, -0.1) is 0 Å². The Kier molecular flexibility index (Phi) is 8.06. The van der Waals surface area contributed by atoms with Gasteiger partial charge in [0.25, 0.3) is 5.91 Å². The molecule has 4 N–H and O–H groups in total. The molecule has 9 heteroatoms. The summed E-state index contributed by atoms with van der Waals surface area (Å²) >= 11 is 0. The number of hydrogen-bond acceptors (Lipinski definition) is 5. The third kappa shape index (κ3) is 6.00. The zero-order valence-corrected chi connectivity index (χ0v) is 21.6. The minimum atomic E-state index is -1.06. The van der Waals surface area contributed by atoms with E-state index in [1.165, 1.54) is 6.92 Å². The fourth-order valence-electron chi connectivity index (χ4n) is 4.16. The molecule has 0 saturated heterocycles. The number of nitrogens with zero attached hydrogens (tertiary/aromatic N) is 2. The number of hydrogen-bond donors (Lipinski definition) is 4. The van der Waals surface area contributed by atoms with Crippen LogP contribution in [0.2, 0.25) is 0 Å². The van der Waals surface area contributed by atoms with Crippen LogP contribution < -0.4 is 16.0 Å². The largest absolute Gasteiger partial charge is 0.480 e. The van der Waals surface area contributed by atoms with Crippen molar-refractivity contribution in [2.24, 2.45) is 5.92 Å². The first-order valence-corrected chi connectivity index (χ1v) is 12.5. The van der Waals surface area contributed by atoms with Crippen LogP contribution in [0.1, 0.15) is 43.1 Å². The van der Waals surface area contributed by atoms with E-state index >= 15 is 0 Å². The maximum absolute atomic E-state index is 13.0. The number of anilines is 2. The first-order chi connectivity index (χ1) is 18.3. The number of fused-ring (bicyclic) bond motifs is 1. The molecule has 2 heterocycles. The van der Waals surface area contributed by atoms with Crippen LogP contribution in [-0.4, -0.2) is 38.3 Å². The van der Waals surface area contributed by atoms with Gasteiger partial charge in [-0.05, 0) is 35.7 Å². The van der Waals surface area contributed by atoms with Gasteiger partial charge >= 0.3 is 5.97 Å². The lowest BCUT2D eigenvalue weighted by atomic mass is 9.99. The lowest BCUT2D eigenvalue weighted by Gasteiger charge is -2.20. The molecule has 38 heavy (non-hydrogen) atoms. The van der Waals surface area contributed by atoms with Gasteiger partial charge in [0, 0.05) is 36.5 Å². The first-order valence-electron chi connectivity index (χ1n) is 12.5. The van der Waals surface area contributed by atoms with Gasteiger partial charge in [-0.3, -0.25) is 14.0 Å². The van der Waals surface area contributed by atoms with Gasteiger partial charge in [0.05, 0.1) is 0 Å². The Morgan fingerprint density at radius 2 is 1.74 bits per heavy atom. The van der Waals surface area contributed by atoms with Crippen molar-refractivity contribution >= 4 is 34.9 Å². The molecular formula is C29H31N5O4. The summed E-state index contributed by atoms with van der Waals surface area (Å²) in [6, 6.07) is 19.6. The summed E-state index contributed by atoms with van der Waals surface area (Å²) < 4.78 is 1.86.